The van der Waals surface area contributed by atoms with Gasteiger partial charge in [0.25, 0.3) is 0 Å². The summed E-state index contributed by atoms with van der Waals surface area (Å²) >= 11 is 0. The monoisotopic (exact) mass is 344 g/mol. The van der Waals surface area contributed by atoms with Crippen LogP contribution in [0.4, 0.5) is 0 Å². The van der Waals surface area contributed by atoms with E-state index in [1.807, 2.05) is 12.1 Å². The van der Waals surface area contributed by atoms with Crippen LogP contribution in [0.1, 0.15) is 48.9 Å². The molecule has 1 saturated heterocycles. The minimum Gasteiger partial charge on any atom is -0.508 e. The Morgan fingerprint density at radius 1 is 1.24 bits per heavy atom. The maximum absolute atomic E-state index is 9.52. The lowest BCUT2D eigenvalue weighted by Crippen LogP contribution is -2.36. The largest absolute Gasteiger partial charge is 0.508 e. The van der Waals surface area contributed by atoms with Gasteiger partial charge in [0, 0.05) is 39.6 Å². The molecule has 0 spiro atoms. The van der Waals surface area contributed by atoms with E-state index in [2.05, 4.69) is 10.1 Å². The molecule has 0 radical (unpaired) electrons. The molecule has 25 heavy (non-hydrogen) atoms. The van der Waals surface area contributed by atoms with Crippen molar-refractivity contribution in [3.8, 4) is 5.75 Å². The lowest BCUT2D eigenvalue weighted by atomic mass is 9.90. The lowest BCUT2D eigenvalue weighted by molar-refractivity contribution is -0.101. The molecule has 4 rings (SSSR count). The van der Waals surface area contributed by atoms with Gasteiger partial charge < -0.3 is 19.1 Å². The fraction of sp³-hybridized carbons (Fsp3) is 0.579. The van der Waals surface area contributed by atoms with Gasteiger partial charge in [0.2, 0.25) is 11.7 Å². The molecule has 0 bridgehead atoms. The predicted octanol–water partition coefficient (Wildman–Crippen LogP) is 3.16. The average Bonchev–Trinajstić information content (AvgIpc) is 3.39. The maximum Gasteiger partial charge on any atom is 0.227 e. The fourth-order valence-corrected chi connectivity index (χ4v) is 3.71. The highest BCUT2D eigenvalue weighted by Gasteiger charge is 2.40. The first kappa shape index (κ1) is 16.5. The molecule has 1 aromatic carbocycles. The van der Waals surface area contributed by atoms with Crippen molar-refractivity contribution in [2.75, 3.05) is 20.3 Å². The predicted molar refractivity (Wildman–Crippen MR) is 90.3 cm³/mol. The summed E-state index contributed by atoms with van der Waals surface area (Å²) in [4.78, 5) is 4.66. The lowest BCUT2D eigenvalue weighted by Gasteiger charge is -2.32. The van der Waals surface area contributed by atoms with Gasteiger partial charge in [-0.05, 0) is 42.4 Å². The highest BCUT2D eigenvalue weighted by molar-refractivity contribution is 5.30. The Labute approximate surface area is 147 Å². The molecule has 2 fully saturated rings. The Morgan fingerprint density at radius 2 is 1.96 bits per heavy atom. The standard InChI is InChI=1S/C19H24N2O4/c1-23-19(8-10-24-11-9-19)18-20-17(25-21-18)12-16(13-2-3-13)14-4-6-15(22)7-5-14/h4-7,13,16,22H,2-3,8-12H2,1H3. The van der Waals surface area contributed by atoms with Gasteiger partial charge in [0.15, 0.2) is 0 Å². The van der Waals surface area contributed by atoms with Crippen molar-refractivity contribution in [2.45, 2.75) is 43.6 Å². The average molecular weight is 344 g/mol. The van der Waals surface area contributed by atoms with E-state index < -0.39 is 5.60 Å². The number of aromatic nitrogens is 2. The second-order valence-electron chi connectivity index (χ2n) is 7.06. The smallest absolute Gasteiger partial charge is 0.227 e. The van der Waals surface area contributed by atoms with Crippen molar-refractivity contribution in [3.05, 3.63) is 41.5 Å². The summed E-state index contributed by atoms with van der Waals surface area (Å²) in [7, 11) is 1.70. The maximum atomic E-state index is 9.52. The number of benzene rings is 1. The summed E-state index contributed by atoms with van der Waals surface area (Å²) in [5.74, 6) is 2.58. The number of hydrogen-bond donors (Lipinski definition) is 1. The van der Waals surface area contributed by atoms with Crippen molar-refractivity contribution in [1.29, 1.82) is 0 Å². The number of hydrogen-bond acceptors (Lipinski definition) is 6. The first-order valence-electron chi connectivity index (χ1n) is 8.95. The second kappa shape index (κ2) is 6.77. The van der Waals surface area contributed by atoms with E-state index in [-0.39, 0.29) is 0 Å². The van der Waals surface area contributed by atoms with Crippen LogP contribution in [0.5, 0.6) is 5.75 Å². The van der Waals surface area contributed by atoms with Crippen molar-refractivity contribution in [2.24, 2.45) is 5.92 Å². The summed E-state index contributed by atoms with van der Waals surface area (Å²) in [5, 5.41) is 13.7. The number of methoxy groups -OCH3 is 1. The van der Waals surface area contributed by atoms with Gasteiger partial charge in [0.05, 0.1) is 0 Å². The minimum absolute atomic E-state index is 0.292. The Bertz CT molecular complexity index is 702. The summed E-state index contributed by atoms with van der Waals surface area (Å²) in [6.45, 7) is 1.30. The Kier molecular flexibility index (Phi) is 4.48. The molecule has 134 valence electrons. The Balaban J connectivity index is 1.53. The molecule has 2 aromatic rings. The quantitative estimate of drug-likeness (QED) is 0.867. The van der Waals surface area contributed by atoms with Gasteiger partial charge >= 0.3 is 0 Å². The molecule has 1 aromatic heterocycles. The molecule has 1 unspecified atom stereocenters. The van der Waals surface area contributed by atoms with Crippen LogP contribution in [0.25, 0.3) is 0 Å². The number of phenols is 1. The second-order valence-corrected chi connectivity index (χ2v) is 7.06. The van der Waals surface area contributed by atoms with E-state index in [0.717, 1.165) is 19.3 Å². The van der Waals surface area contributed by atoms with E-state index in [1.165, 1.54) is 18.4 Å². The highest BCUT2D eigenvalue weighted by Crippen LogP contribution is 2.44. The minimum atomic E-state index is -0.492. The normalized spacial score (nSPS) is 21.2. The van der Waals surface area contributed by atoms with Gasteiger partial charge in [-0.3, -0.25) is 0 Å². The Hall–Kier alpha value is -1.92. The Morgan fingerprint density at radius 3 is 2.60 bits per heavy atom. The van der Waals surface area contributed by atoms with Crippen LogP contribution >= 0.6 is 0 Å². The van der Waals surface area contributed by atoms with Crippen LogP contribution in [-0.4, -0.2) is 35.6 Å². The number of rotatable bonds is 6. The molecule has 1 saturated carbocycles. The van der Waals surface area contributed by atoms with Crippen molar-refractivity contribution >= 4 is 0 Å². The van der Waals surface area contributed by atoms with E-state index in [0.29, 0.717) is 42.5 Å². The summed E-state index contributed by atoms with van der Waals surface area (Å²) in [5.41, 5.74) is 0.723. The number of aromatic hydroxyl groups is 1. The summed E-state index contributed by atoms with van der Waals surface area (Å²) in [6.07, 6.45) is 4.66. The molecule has 6 heteroatoms. The molecule has 1 aliphatic heterocycles. The van der Waals surface area contributed by atoms with E-state index in [9.17, 15) is 5.11 Å². The summed E-state index contributed by atoms with van der Waals surface area (Å²) in [6, 6.07) is 7.47. The third-order valence-corrected chi connectivity index (χ3v) is 5.47. The van der Waals surface area contributed by atoms with Crippen molar-refractivity contribution < 1.29 is 19.1 Å². The number of nitrogens with zero attached hydrogens (tertiary/aromatic N) is 2. The van der Waals surface area contributed by atoms with Gasteiger partial charge in [-0.2, -0.15) is 4.98 Å². The van der Waals surface area contributed by atoms with Gasteiger partial charge in [-0.25, -0.2) is 0 Å². The number of ether oxygens (including phenoxy) is 2. The van der Waals surface area contributed by atoms with Gasteiger partial charge in [0.1, 0.15) is 11.4 Å². The van der Waals surface area contributed by atoms with E-state index in [1.54, 1.807) is 19.2 Å². The fourth-order valence-electron chi connectivity index (χ4n) is 3.71. The molecule has 6 nitrogen and oxygen atoms in total. The molecule has 2 heterocycles. The van der Waals surface area contributed by atoms with Crippen molar-refractivity contribution in [3.63, 3.8) is 0 Å². The first-order valence-corrected chi connectivity index (χ1v) is 8.95. The van der Waals surface area contributed by atoms with Crippen LogP contribution in [0.2, 0.25) is 0 Å². The van der Waals surface area contributed by atoms with Crippen LogP contribution in [0.3, 0.4) is 0 Å². The zero-order valence-corrected chi connectivity index (χ0v) is 14.5. The molecular formula is C19H24N2O4. The number of phenolic OH excluding ortho intramolecular Hbond substituents is 1. The van der Waals surface area contributed by atoms with Crippen LogP contribution < -0.4 is 0 Å². The zero-order chi connectivity index (χ0) is 17.3. The SMILES string of the molecule is COC1(c2noc(CC(c3ccc(O)cc3)C3CC3)n2)CCOCC1. The topological polar surface area (TPSA) is 77.6 Å². The van der Waals surface area contributed by atoms with Crippen molar-refractivity contribution in [1.82, 2.24) is 10.1 Å². The molecule has 0 amide bonds. The molecule has 1 aliphatic carbocycles. The molecule has 1 N–H and O–H groups in total. The third-order valence-electron chi connectivity index (χ3n) is 5.47. The molecule has 2 aliphatic rings. The summed E-state index contributed by atoms with van der Waals surface area (Å²) < 4.78 is 16.8. The van der Waals surface area contributed by atoms with Gasteiger partial charge in [-0.1, -0.05) is 17.3 Å². The molecule has 1 atom stereocenters. The van der Waals surface area contributed by atoms with E-state index in [4.69, 9.17) is 14.0 Å². The molecular weight excluding hydrogens is 320 g/mol. The zero-order valence-electron chi connectivity index (χ0n) is 14.5. The highest BCUT2D eigenvalue weighted by atomic mass is 16.5. The van der Waals surface area contributed by atoms with Crippen LogP contribution in [-0.2, 0) is 21.5 Å². The van der Waals surface area contributed by atoms with E-state index >= 15 is 0 Å². The van der Waals surface area contributed by atoms with Crippen LogP contribution in [0.15, 0.2) is 28.8 Å². The van der Waals surface area contributed by atoms with Gasteiger partial charge in [-0.15, -0.1) is 0 Å². The third kappa shape index (κ3) is 3.41. The first-order chi connectivity index (χ1) is 12.2. The van der Waals surface area contributed by atoms with Crippen LogP contribution in [0, 0.1) is 5.92 Å².